The standard InChI is InChI=1S/C9H12N4/c1-3-7-6-4-5-13(2)8(6)12-9(10)11-7/h4-5H,3H2,1-2H3,(H2,10,11,12). The summed E-state index contributed by atoms with van der Waals surface area (Å²) in [5, 5.41) is 1.10. The number of aryl methyl sites for hydroxylation is 2. The molecule has 0 atom stereocenters. The number of nitrogens with zero attached hydrogens (tertiary/aromatic N) is 3. The van der Waals surface area contributed by atoms with Crippen molar-refractivity contribution in [2.75, 3.05) is 5.73 Å². The molecule has 0 aromatic carbocycles. The van der Waals surface area contributed by atoms with Crippen molar-refractivity contribution in [1.29, 1.82) is 0 Å². The number of rotatable bonds is 1. The van der Waals surface area contributed by atoms with E-state index in [1.807, 2.05) is 23.9 Å². The van der Waals surface area contributed by atoms with Crippen LogP contribution < -0.4 is 5.73 Å². The first-order valence-corrected chi connectivity index (χ1v) is 4.29. The molecule has 68 valence electrons. The van der Waals surface area contributed by atoms with Crippen molar-refractivity contribution < 1.29 is 0 Å². The molecule has 0 bridgehead atoms. The van der Waals surface area contributed by atoms with Crippen molar-refractivity contribution in [1.82, 2.24) is 14.5 Å². The summed E-state index contributed by atoms with van der Waals surface area (Å²) in [5.74, 6) is 0.353. The third-order valence-electron chi connectivity index (χ3n) is 2.16. The van der Waals surface area contributed by atoms with E-state index in [0.29, 0.717) is 5.95 Å². The van der Waals surface area contributed by atoms with Gasteiger partial charge in [0.05, 0.1) is 5.69 Å². The minimum atomic E-state index is 0.353. The summed E-state index contributed by atoms with van der Waals surface area (Å²) >= 11 is 0. The topological polar surface area (TPSA) is 56.7 Å². The molecular formula is C9H12N4. The van der Waals surface area contributed by atoms with E-state index in [9.17, 15) is 0 Å². The second-order valence-electron chi connectivity index (χ2n) is 3.05. The molecule has 0 fully saturated rings. The van der Waals surface area contributed by atoms with Gasteiger partial charge in [-0.3, -0.25) is 0 Å². The molecule has 2 N–H and O–H groups in total. The Morgan fingerprint density at radius 2 is 2.23 bits per heavy atom. The predicted octanol–water partition coefficient (Wildman–Crippen LogP) is 1.11. The van der Waals surface area contributed by atoms with Crippen molar-refractivity contribution >= 4 is 17.0 Å². The molecule has 0 aliphatic rings. The molecule has 0 aliphatic heterocycles. The summed E-state index contributed by atoms with van der Waals surface area (Å²) in [6.07, 6.45) is 2.85. The molecule has 2 aromatic heterocycles. The van der Waals surface area contributed by atoms with Gasteiger partial charge in [-0.05, 0) is 12.5 Å². The van der Waals surface area contributed by atoms with Crippen LogP contribution in [0.4, 0.5) is 5.95 Å². The largest absolute Gasteiger partial charge is 0.368 e. The zero-order chi connectivity index (χ0) is 9.42. The highest BCUT2D eigenvalue weighted by atomic mass is 15.1. The minimum Gasteiger partial charge on any atom is -0.368 e. The zero-order valence-corrected chi connectivity index (χ0v) is 7.78. The molecule has 2 rings (SSSR count). The summed E-state index contributed by atoms with van der Waals surface area (Å²) in [5.41, 5.74) is 7.52. The maximum Gasteiger partial charge on any atom is 0.222 e. The normalized spacial score (nSPS) is 10.9. The average Bonchev–Trinajstić information content (AvgIpc) is 2.47. The maximum absolute atomic E-state index is 5.59. The van der Waals surface area contributed by atoms with E-state index in [2.05, 4.69) is 16.9 Å². The lowest BCUT2D eigenvalue weighted by molar-refractivity contribution is 0.939. The van der Waals surface area contributed by atoms with Crippen molar-refractivity contribution in [3.63, 3.8) is 0 Å². The molecule has 13 heavy (non-hydrogen) atoms. The van der Waals surface area contributed by atoms with Crippen LogP contribution in [0.3, 0.4) is 0 Å². The van der Waals surface area contributed by atoms with Gasteiger partial charge in [-0.1, -0.05) is 6.92 Å². The van der Waals surface area contributed by atoms with Gasteiger partial charge in [-0.25, -0.2) is 4.98 Å². The number of hydrogen-bond donors (Lipinski definition) is 1. The highest BCUT2D eigenvalue weighted by Gasteiger charge is 2.06. The summed E-state index contributed by atoms with van der Waals surface area (Å²) in [6, 6.07) is 2.02. The second-order valence-corrected chi connectivity index (χ2v) is 3.05. The lowest BCUT2D eigenvalue weighted by Gasteiger charge is -2.01. The van der Waals surface area contributed by atoms with Crippen LogP contribution in [0.5, 0.6) is 0 Å². The molecule has 4 heteroatoms. The number of nitrogen functional groups attached to an aromatic ring is 1. The van der Waals surface area contributed by atoms with Gasteiger partial charge in [0.15, 0.2) is 0 Å². The smallest absolute Gasteiger partial charge is 0.222 e. The van der Waals surface area contributed by atoms with Crippen molar-refractivity contribution in [3.8, 4) is 0 Å². The molecule has 2 heterocycles. The zero-order valence-electron chi connectivity index (χ0n) is 7.78. The van der Waals surface area contributed by atoms with Crippen LogP contribution in [0.1, 0.15) is 12.6 Å². The highest BCUT2D eigenvalue weighted by Crippen LogP contribution is 2.17. The lowest BCUT2D eigenvalue weighted by atomic mass is 10.2. The fourth-order valence-electron chi connectivity index (χ4n) is 1.49. The van der Waals surface area contributed by atoms with Gasteiger partial charge in [0, 0.05) is 18.6 Å². The van der Waals surface area contributed by atoms with E-state index in [0.717, 1.165) is 23.1 Å². The number of fused-ring (bicyclic) bond motifs is 1. The molecule has 0 amide bonds. The van der Waals surface area contributed by atoms with Crippen LogP contribution in [0.25, 0.3) is 11.0 Å². The Balaban J connectivity index is 2.84. The van der Waals surface area contributed by atoms with Gasteiger partial charge >= 0.3 is 0 Å². The molecule has 0 saturated heterocycles. The fourth-order valence-corrected chi connectivity index (χ4v) is 1.49. The van der Waals surface area contributed by atoms with Gasteiger partial charge < -0.3 is 10.3 Å². The molecule has 0 radical (unpaired) electrons. The third-order valence-corrected chi connectivity index (χ3v) is 2.16. The lowest BCUT2D eigenvalue weighted by Crippen LogP contribution is -2.00. The number of aromatic nitrogens is 3. The van der Waals surface area contributed by atoms with Gasteiger partial charge in [0.2, 0.25) is 5.95 Å². The number of nitrogens with two attached hydrogens (primary N) is 1. The first kappa shape index (κ1) is 8.04. The van der Waals surface area contributed by atoms with Crippen molar-refractivity contribution in [2.24, 2.45) is 7.05 Å². The summed E-state index contributed by atoms with van der Waals surface area (Å²) < 4.78 is 1.95. The van der Waals surface area contributed by atoms with E-state index in [4.69, 9.17) is 5.73 Å². The minimum absolute atomic E-state index is 0.353. The Bertz CT molecular complexity index is 444. The van der Waals surface area contributed by atoms with Crippen LogP contribution in [-0.4, -0.2) is 14.5 Å². The third kappa shape index (κ3) is 1.14. The Labute approximate surface area is 76.4 Å². The van der Waals surface area contributed by atoms with E-state index >= 15 is 0 Å². The fraction of sp³-hybridized carbons (Fsp3) is 0.333. The van der Waals surface area contributed by atoms with Gasteiger partial charge in [-0.15, -0.1) is 0 Å². The van der Waals surface area contributed by atoms with Crippen molar-refractivity contribution in [3.05, 3.63) is 18.0 Å². The summed E-state index contributed by atoms with van der Waals surface area (Å²) in [7, 11) is 1.95. The van der Waals surface area contributed by atoms with Crippen LogP contribution in [0, 0.1) is 0 Å². The quantitative estimate of drug-likeness (QED) is 0.708. The average molecular weight is 176 g/mol. The Morgan fingerprint density at radius 1 is 1.46 bits per heavy atom. The molecular weight excluding hydrogens is 164 g/mol. The highest BCUT2D eigenvalue weighted by molar-refractivity contribution is 5.79. The van der Waals surface area contributed by atoms with Gasteiger partial charge in [0.1, 0.15) is 5.65 Å². The molecule has 0 unspecified atom stereocenters. The van der Waals surface area contributed by atoms with Crippen LogP contribution in [-0.2, 0) is 13.5 Å². The van der Waals surface area contributed by atoms with Crippen molar-refractivity contribution in [2.45, 2.75) is 13.3 Å². The summed E-state index contributed by atoms with van der Waals surface area (Å²) in [4.78, 5) is 8.36. The number of hydrogen-bond acceptors (Lipinski definition) is 3. The Morgan fingerprint density at radius 3 is 2.92 bits per heavy atom. The molecule has 0 aliphatic carbocycles. The first-order chi connectivity index (χ1) is 6.22. The van der Waals surface area contributed by atoms with Gasteiger partial charge in [-0.2, -0.15) is 4.98 Å². The molecule has 0 saturated carbocycles. The first-order valence-electron chi connectivity index (χ1n) is 4.29. The van der Waals surface area contributed by atoms with E-state index in [1.54, 1.807) is 0 Å². The monoisotopic (exact) mass is 176 g/mol. The van der Waals surface area contributed by atoms with Crippen LogP contribution in [0.15, 0.2) is 12.3 Å². The van der Waals surface area contributed by atoms with Crippen LogP contribution >= 0.6 is 0 Å². The predicted molar refractivity (Wildman–Crippen MR) is 52.3 cm³/mol. The van der Waals surface area contributed by atoms with Gasteiger partial charge in [0.25, 0.3) is 0 Å². The van der Waals surface area contributed by atoms with E-state index in [-0.39, 0.29) is 0 Å². The molecule has 0 spiro atoms. The van der Waals surface area contributed by atoms with E-state index < -0.39 is 0 Å². The van der Waals surface area contributed by atoms with Crippen LogP contribution in [0.2, 0.25) is 0 Å². The Kier molecular flexibility index (Phi) is 1.69. The Hall–Kier alpha value is -1.58. The number of anilines is 1. The summed E-state index contributed by atoms with van der Waals surface area (Å²) in [6.45, 7) is 2.06. The second kappa shape index (κ2) is 2.73. The molecule has 4 nitrogen and oxygen atoms in total. The SMILES string of the molecule is CCc1nc(N)nc2c1ccn2C. The molecule has 2 aromatic rings. The maximum atomic E-state index is 5.59. The van der Waals surface area contributed by atoms with E-state index in [1.165, 1.54) is 0 Å².